The number of β-amino-alcohol motifs (C(OH)–C–C–N with tert-alkyl or cyclic N) is 1. The number of sulfone groups is 1. The summed E-state index contributed by atoms with van der Waals surface area (Å²) >= 11 is 1.14. The Morgan fingerprint density at radius 3 is 2.64 bits per heavy atom. The van der Waals surface area contributed by atoms with Crippen molar-refractivity contribution < 1.29 is 23.1 Å². The van der Waals surface area contributed by atoms with Crippen molar-refractivity contribution in [1.29, 1.82) is 0 Å². The second-order valence-electron chi connectivity index (χ2n) is 9.49. The fourth-order valence-electron chi connectivity index (χ4n) is 5.27. The van der Waals surface area contributed by atoms with Crippen LogP contribution in [0.2, 0.25) is 0 Å². The van der Waals surface area contributed by atoms with Crippen molar-refractivity contribution in [1.82, 2.24) is 15.1 Å². The lowest BCUT2D eigenvalue weighted by molar-refractivity contribution is 0.0534. The van der Waals surface area contributed by atoms with E-state index in [9.17, 15) is 18.3 Å². The lowest BCUT2D eigenvalue weighted by atomic mass is 9.77. The van der Waals surface area contributed by atoms with Gasteiger partial charge in [-0.05, 0) is 61.9 Å². The number of rotatable bonds is 5. The van der Waals surface area contributed by atoms with Gasteiger partial charge >= 0.3 is 5.97 Å². The van der Waals surface area contributed by atoms with Gasteiger partial charge in [0.15, 0.2) is 0 Å². The van der Waals surface area contributed by atoms with Crippen LogP contribution in [0, 0.1) is 12.3 Å². The number of hydrogen-bond donors (Lipinski definition) is 1. The molecule has 0 saturated carbocycles. The minimum Gasteiger partial charge on any atom is -0.457 e. The monoisotopic (exact) mass is 492 g/mol. The Balaban J connectivity index is 1.19. The van der Waals surface area contributed by atoms with E-state index in [1.54, 1.807) is 6.07 Å². The number of fused-ring (bicyclic) bond motifs is 1. The first kappa shape index (κ1) is 22.7. The molecule has 0 aliphatic carbocycles. The number of piperidine rings is 1. The van der Waals surface area contributed by atoms with Gasteiger partial charge in [-0.15, -0.1) is 10.2 Å². The van der Waals surface area contributed by atoms with Crippen LogP contribution in [0.5, 0.6) is 0 Å². The van der Waals surface area contributed by atoms with Gasteiger partial charge in [-0.1, -0.05) is 17.4 Å². The van der Waals surface area contributed by atoms with Crippen molar-refractivity contribution in [3.63, 3.8) is 0 Å². The highest BCUT2D eigenvalue weighted by atomic mass is 32.2. The molecule has 0 radical (unpaired) electrons. The summed E-state index contributed by atoms with van der Waals surface area (Å²) in [5.41, 5.74) is 3.48. The van der Waals surface area contributed by atoms with Gasteiger partial charge in [0.2, 0.25) is 19.3 Å². The maximum Gasteiger partial charge on any atom is 0.338 e. The largest absolute Gasteiger partial charge is 0.457 e. The summed E-state index contributed by atoms with van der Waals surface area (Å²) in [6, 6.07) is 3.61. The van der Waals surface area contributed by atoms with E-state index in [4.69, 9.17) is 4.74 Å². The third-order valence-corrected chi connectivity index (χ3v) is 9.99. The first-order chi connectivity index (χ1) is 15.7. The fourth-order valence-corrected chi connectivity index (χ4v) is 6.89. The summed E-state index contributed by atoms with van der Waals surface area (Å²) in [4.78, 5) is 16.2. The minimum atomic E-state index is -3.33. The number of anilines is 1. The number of benzene rings is 1. The van der Waals surface area contributed by atoms with E-state index in [-0.39, 0.29) is 22.3 Å². The third-order valence-electron chi connectivity index (χ3n) is 7.34. The molecule has 1 atom stereocenters. The summed E-state index contributed by atoms with van der Waals surface area (Å²) in [5.74, 6) is -0.290. The SMILES string of the molecule is Cc1c([C@@H](O)CN2CCC3(CC2)CCN(c2nnc(S(C)(=O)=O)s2)C3)ccc2c1COC2=O. The molecule has 9 nitrogen and oxygen atoms in total. The zero-order chi connectivity index (χ0) is 23.4. The smallest absolute Gasteiger partial charge is 0.338 e. The van der Waals surface area contributed by atoms with Crippen LogP contribution >= 0.6 is 11.3 Å². The molecule has 3 aliphatic rings. The Kier molecular flexibility index (Phi) is 5.71. The molecule has 4 heterocycles. The molecule has 0 amide bonds. The highest BCUT2D eigenvalue weighted by Gasteiger charge is 2.42. The van der Waals surface area contributed by atoms with Crippen LogP contribution in [0.3, 0.4) is 0 Å². The predicted octanol–water partition coefficient (Wildman–Crippen LogP) is 1.95. The highest BCUT2D eigenvalue weighted by molar-refractivity contribution is 7.92. The zero-order valence-electron chi connectivity index (χ0n) is 18.8. The number of likely N-dealkylation sites (tertiary alicyclic amines) is 1. The molecule has 0 bridgehead atoms. The quantitative estimate of drug-likeness (QED) is 0.626. The van der Waals surface area contributed by atoms with Gasteiger partial charge in [0, 0.05) is 31.5 Å². The lowest BCUT2D eigenvalue weighted by Crippen LogP contribution is -2.43. The van der Waals surface area contributed by atoms with E-state index in [0.717, 1.165) is 79.7 Å². The number of ether oxygens (including phenoxy) is 1. The van der Waals surface area contributed by atoms with E-state index < -0.39 is 15.9 Å². The highest BCUT2D eigenvalue weighted by Crippen LogP contribution is 2.43. The molecule has 178 valence electrons. The standard InChI is InChI=1S/C22H28N4O5S2/c1-14-15(3-4-16-17(14)12-31-19(16)28)18(27)11-25-8-5-22(6-9-25)7-10-26(13-22)20-23-24-21(32-20)33(2,29)30/h3-4,18,27H,5-13H2,1-2H3/t18-/m0/s1. The third kappa shape index (κ3) is 4.27. The fraction of sp³-hybridized carbons (Fsp3) is 0.591. The van der Waals surface area contributed by atoms with E-state index in [2.05, 4.69) is 20.0 Å². The molecule has 1 aromatic carbocycles. The summed E-state index contributed by atoms with van der Waals surface area (Å²) in [7, 11) is -3.33. The van der Waals surface area contributed by atoms with Crippen molar-refractivity contribution in [3.8, 4) is 0 Å². The Labute approximate surface area is 197 Å². The first-order valence-electron chi connectivity index (χ1n) is 11.1. The molecule has 5 rings (SSSR count). The maximum absolute atomic E-state index is 11.8. The Bertz CT molecular complexity index is 1190. The van der Waals surface area contributed by atoms with Gasteiger partial charge in [0.1, 0.15) is 6.61 Å². The van der Waals surface area contributed by atoms with Gasteiger partial charge < -0.3 is 19.6 Å². The van der Waals surface area contributed by atoms with Gasteiger partial charge in [-0.3, -0.25) is 0 Å². The number of aliphatic hydroxyl groups is 1. The number of esters is 1. The Morgan fingerprint density at radius 2 is 1.94 bits per heavy atom. The molecular weight excluding hydrogens is 464 g/mol. The number of hydrogen-bond acceptors (Lipinski definition) is 10. The number of cyclic esters (lactones) is 1. The molecule has 11 heteroatoms. The maximum atomic E-state index is 11.8. The average molecular weight is 493 g/mol. The molecular formula is C22H28N4O5S2. The number of nitrogens with zero attached hydrogens (tertiary/aromatic N) is 4. The summed E-state index contributed by atoms with van der Waals surface area (Å²) in [6.45, 7) is 6.31. The molecule has 0 unspecified atom stereocenters. The van der Waals surface area contributed by atoms with E-state index >= 15 is 0 Å². The van der Waals surface area contributed by atoms with Gasteiger partial charge in [0.05, 0.1) is 11.7 Å². The van der Waals surface area contributed by atoms with Crippen LogP contribution in [-0.2, 0) is 21.2 Å². The minimum absolute atomic E-state index is 0.0695. The van der Waals surface area contributed by atoms with E-state index in [1.165, 1.54) is 0 Å². The molecule has 1 spiro atoms. The van der Waals surface area contributed by atoms with Crippen LogP contribution < -0.4 is 4.90 Å². The zero-order valence-corrected chi connectivity index (χ0v) is 20.4. The molecule has 2 aromatic rings. The number of carbonyl (C=O) groups is 1. The normalized spacial score (nSPS) is 21.4. The predicted molar refractivity (Wildman–Crippen MR) is 123 cm³/mol. The second-order valence-corrected chi connectivity index (χ2v) is 12.6. The molecule has 2 saturated heterocycles. The second kappa shape index (κ2) is 8.30. The van der Waals surface area contributed by atoms with Crippen LogP contribution in [0.25, 0.3) is 0 Å². The molecule has 1 N–H and O–H groups in total. The average Bonchev–Trinajstić information content (AvgIpc) is 3.49. The van der Waals surface area contributed by atoms with Crippen molar-refractivity contribution in [3.05, 3.63) is 34.4 Å². The molecule has 2 fully saturated rings. The van der Waals surface area contributed by atoms with Crippen molar-refractivity contribution >= 4 is 32.3 Å². The Morgan fingerprint density at radius 1 is 1.21 bits per heavy atom. The summed E-state index contributed by atoms with van der Waals surface area (Å²) in [5, 5.41) is 19.6. The van der Waals surface area contributed by atoms with Crippen molar-refractivity contribution in [2.75, 3.05) is 43.9 Å². The summed E-state index contributed by atoms with van der Waals surface area (Å²) in [6.07, 6.45) is 3.65. The summed E-state index contributed by atoms with van der Waals surface area (Å²) < 4.78 is 28.6. The van der Waals surface area contributed by atoms with E-state index in [0.29, 0.717) is 17.2 Å². The molecule has 1 aromatic heterocycles. The van der Waals surface area contributed by atoms with Crippen molar-refractivity contribution in [2.24, 2.45) is 5.41 Å². The van der Waals surface area contributed by atoms with Crippen LogP contribution in [0.15, 0.2) is 16.5 Å². The number of aromatic nitrogens is 2. The van der Waals surface area contributed by atoms with Crippen LogP contribution in [0.4, 0.5) is 5.13 Å². The van der Waals surface area contributed by atoms with E-state index in [1.807, 2.05) is 13.0 Å². The first-order valence-corrected chi connectivity index (χ1v) is 13.8. The number of carbonyl (C=O) groups excluding carboxylic acids is 1. The van der Waals surface area contributed by atoms with Gasteiger partial charge in [-0.25, -0.2) is 13.2 Å². The molecule has 3 aliphatic heterocycles. The van der Waals surface area contributed by atoms with Gasteiger partial charge in [-0.2, -0.15) is 0 Å². The Hall–Kier alpha value is -2.08. The topological polar surface area (TPSA) is 113 Å². The van der Waals surface area contributed by atoms with Gasteiger partial charge in [0.25, 0.3) is 0 Å². The number of aliphatic hydroxyl groups excluding tert-OH is 1. The molecule has 33 heavy (non-hydrogen) atoms. The van der Waals surface area contributed by atoms with Crippen molar-refractivity contribution in [2.45, 2.75) is 43.2 Å². The van der Waals surface area contributed by atoms with Crippen LogP contribution in [0.1, 0.15) is 52.4 Å². The van der Waals surface area contributed by atoms with Crippen LogP contribution in [-0.4, -0.2) is 73.6 Å². The lowest BCUT2D eigenvalue weighted by Gasteiger charge is -2.40.